The molecule has 2 aromatic carbocycles. The zero-order valence-corrected chi connectivity index (χ0v) is 12.2. The van der Waals surface area contributed by atoms with E-state index in [0.717, 1.165) is 11.3 Å². The van der Waals surface area contributed by atoms with Crippen molar-refractivity contribution in [3.8, 4) is 0 Å². The lowest BCUT2D eigenvalue weighted by Crippen LogP contribution is -2.17. The van der Waals surface area contributed by atoms with Gasteiger partial charge in [-0.3, -0.25) is 0 Å². The fourth-order valence-corrected chi connectivity index (χ4v) is 2.16. The molecule has 0 saturated carbocycles. The van der Waals surface area contributed by atoms with Gasteiger partial charge in [-0.1, -0.05) is 28.9 Å². The molecule has 0 spiro atoms. The molecule has 0 bridgehead atoms. The molecule has 4 N–H and O–H groups in total. The van der Waals surface area contributed by atoms with Crippen molar-refractivity contribution in [2.75, 3.05) is 5.32 Å². The third-order valence-corrected chi connectivity index (χ3v) is 3.60. The molecule has 0 saturated heterocycles. The van der Waals surface area contributed by atoms with Crippen molar-refractivity contribution in [2.45, 2.75) is 13.5 Å². The van der Waals surface area contributed by atoms with Gasteiger partial charge in [-0.15, -0.1) is 0 Å². The maximum atomic E-state index is 13.3. The Labute approximate surface area is 127 Å². The minimum atomic E-state index is -0.445. The number of amidine groups is 1. The van der Waals surface area contributed by atoms with Gasteiger partial charge in [0.15, 0.2) is 5.84 Å². The molecule has 2 rings (SSSR count). The van der Waals surface area contributed by atoms with Gasteiger partial charge in [0.25, 0.3) is 0 Å². The van der Waals surface area contributed by atoms with Gasteiger partial charge in [-0.2, -0.15) is 0 Å². The van der Waals surface area contributed by atoms with Crippen LogP contribution in [-0.2, 0) is 6.54 Å². The standard InChI is InChI=1S/C15H15ClFN3O/c1-9-13(16)3-2-4-14(9)19-8-10-5-6-11(17)7-12(10)15(18)20-21/h2-7,19,21H,8H2,1H3,(H2,18,20). The van der Waals surface area contributed by atoms with Gasteiger partial charge in [0.1, 0.15) is 5.82 Å². The second-order valence-corrected chi connectivity index (χ2v) is 4.96. The first-order valence-electron chi connectivity index (χ1n) is 6.28. The normalized spacial score (nSPS) is 11.5. The molecular weight excluding hydrogens is 293 g/mol. The van der Waals surface area contributed by atoms with Gasteiger partial charge in [-0.05, 0) is 42.3 Å². The van der Waals surface area contributed by atoms with Crippen molar-refractivity contribution in [3.05, 3.63) is 63.9 Å². The number of nitrogens with one attached hydrogen (secondary N) is 1. The molecule has 0 aromatic heterocycles. The molecule has 0 fully saturated rings. The van der Waals surface area contributed by atoms with E-state index in [0.29, 0.717) is 22.7 Å². The Morgan fingerprint density at radius 2 is 2.14 bits per heavy atom. The van der Waals surface area contributed by atoms with Crippen LogP contribution >= 0.6 is 11.6 Å². The molecule has 0 aliphatic heterocycles. The number of halogens is 2. The molecular formula is C15H15ClFN3O. The summed E-state index contributed by atoms with van der Waals surface area (Å²) in [4.78, 5) is 0. The summed E-state index contributed by atoms with van der Waals surface area (Å²) in [6, 6.07) is 9.70. The molecule has 0 aliphatic carbocycles. The smallest absolute Gasteiger partial charge is 0.170 e. The SMILES string of the molecule is Cc1c(Cl)cccc1NCc1ccc(F)cc1C(N)=NO. The highest BCUT2D eigenvalue weighted by Gasteiger charge is 2.09. The molecule has 0 radical (unpaired) electrons. The van der Waals surface area contributed by atoms with E-state index in [2.05, 4.69) is 10.5 Å². The largest absolute Gasteiger partial charge is 0.409 e. The lowest BCUT2D eigenvalue weighted by molar-refractivity contribution is 0.318. The van der Waals surface area contributed by atoms with Crippen molar-refractivity contribution in [3.63, 3.8) is 0 Å². The fourth-order valence-electron chi connectivity index (χ4n) is 1.98. The summed E-state index contributed by atoms with van der Waals surface area (Å²) >= 11 is 6.06. The highest BCUT2D eigenvalue weighted by atomic mass is 35.5. The van der Waals surface area contributed by atoms with Gasteiger partial charge >= 0.3 is 0 Å². The molecule has 0 unspecified atom stereocenters. The van der Waals surface area contributed by atoms with Crippen molar-refractivity contribution in [2.24, 2.45) is 10.9 Å². The van der Waals surface area contributed by atoms with E-state index >= 15 is 0 Å². The van der Waals surface area contributed by atoms with Gasteiger partial charge in [-0.25, -0.2) is 4.39 Å². The average Bonchev–Trinajstić information content (AvgIpc) is 2.49. The summed E-state index contributed by atoms with van der Waals surface area (Å²) in [6.45, 7) is 2.30. The lowest BCUT2D eigenvalue weighted by atomic mass is 10.1. The van der Waals surface area contributed by atoms with Crippen LogP contribution in [0.25, 0.3) is 0 Å². The van der Waals surface area contributed by atoms with Crippen LogP contribution in [0.5, 0.6) is 0 Å². The zero-order valence-electron chi connectivity index (χ0n) is 11.4. The van der Waals surface area contributed by atoms with Crippen LogP contribution < -0.4 is 11.1 Å². The number of anilines is 1. The molecule has 0 aliphatic rings. The molecule has 4 nitrogen and oxygen atoms in total. The molecule has 6 heteroatoms. The molecule has 2 aromatic rings. The van der Waals surface area contributed by atoms with Crippen molar-refractivity contribution < 1.29 is 9.60 Å². The Bertz CT molecular complexity index is 689. The van der Waals surface area contributed by atoms with E-state index in [1.54, 1.807) is 6.07 Å². The van der Waals surface area contributed by atoms with Crippen LogP contribution in [0.1, 0.15) is 16.7 Å². The Morgan fingerprint density at radius 1 is 1.38 bits per heavy atom. The van der Waals surface area contributed by atoms with Gasteiger partial charge in [0.2, 0.25) is 0 Å². The van der Waals surface area contributed by atoms with Crippen LogP contribution in [-0.4, -0.2) is 11.0 Å². The summed E-state index contributed by atoms with van der Waals surface area (Å²) in [5.74, 6) is -0.576. The Hall–Kier alpha value is -2.27. The molecule has 0 amide bonds. The Morgan fingerprint density at radius 3 is 2.86 bits per heavy atom. The van der Waals surface area contributed by atoms with E-state index in [1.165, 1.54) is 12.1 Å². The summed E-state index contributed by atoms with van der Waals surface area (Å²) in [5.41, 5.74) is 8.43. The number of hydrogen-bond donors (Lipinski definition) is 3. The van der Waals surface area contributed by atoms with E-state index < -0.39 is 5.82 Å². The molecule has 0 heterocycles. The first-order valence-corrected chi connectivity index (χ1v) is 6.66. The minimum Gasteiger partial charge on any atom is -0.409 e. The number of oxime groups is 1. The van der Waals surface area contributed by atoms with Crippen molar-refractivity contribution >= 4 is 23.1 Å². The predicted octanol–water partition coefficient (Wildman–Crippen LogP) is 3.49. The van der Waals surface area contributed by atoms with Gasteiger partial charge < -0.3 is 16.3 Å². The lowest BCUT2D eigenvalue weighted by Gasteiger charge is -2.13. The number of rotatable bonds is 4. The minimum absolute atomic E-state index is 0.130. The summed E-state index contributed by atoms with van der Waals surface area (Å²) in [7, 11) is 0. The van der Waals surface area contributed by atoms with E-state index in [1.807, 2.05) is 25.1 Å². The van der Waals surface area contributed by atoms with Crippen LogP contribution in [0.4, 0.5) is 10.1 Å². The first-order chi connectivity index (χ1) is 10.0. The average molecular weight is 308 g/mol. The van der Waals surface area contributed by atoms with E-state index in [9.17, 15) is 4.39 Å². The third kappa shape index (κ3) is 3.44. The first kappa shape index (κ1) is 15.1. The van der Waals surface area contributed by atoms with Crippen molar-refractivity contribution in [1.82, 2.24) is 0 Å². The second-order valence-electron chi connectivity index (χ2n) is 4.55. The fraction of sp³-hybridized carbons (Fsp3) is 0.133. The third-order valence-electron chi connectivity index (χ3n) is 3.19. The molecule has 21 heavy (non-hydrogen) atoms. The quantitative estimate of drug-likeness (QED) is 0.350. The summed E-state index contributed by atoms with van der Waals surface area (Å²) < 4.78 is 13.3. The monoisotopic (exact) mass is 307 g/mol. The zero-order chi connectivity index (χ0) is 15.4. The van der Waals surface area contributed by atoms with E-state index in [-0.39, 0.29) is 5.84 Å². The maximum absolute atomic E-state index is 13.3. The molecule has 0 atom stereocenters. The summed E-state index contributed by atoms with van der Waals surface area (Å²) in [6.07, 6.45) is 0. The number of benzene rings is 2. The summed E-state index contributed by atoms with van der Waals surface area (Å²) in [5, 5.41) is 15.6. The second kappa shape index (κ2) is 6.45. The Balaban J connectivity index is 2.26. The van der Waals surface area contributed by atoms with Gasteiger partial charge in [0.05, 0.1) is 0 Å². The van der Waals surface area contributed by atoms with Crippen LogP contribution in [0.3, 0.4) is 0 Å². The topological polar surface area (TPSA) is 70.6 Å². The number of hydrogen-bond acceptors (Lipinski definition) is 3. The highest BCUT2D eigenvalue weighted by Crippen LogP contribution is 2.24. The van der Waals surface area contributed by atoms with Crippen LogP contribution in [0.15, 0.2) is 41.6 Å². The Kier molecular flexibility index (Phi) is 4.65. The molecule has 110 valence electrons. The van der Waals surface area contributed by atoms with E-state index in [4.69, 9.17) is 22.5 Å². The maximum Gasteiger partial charge on any atom is 0.170 e. The number of nitrogens with zero attached hydrogens (tertiary/aromatic N) is 1. The van der Waals surface area contributed by atoms with Crippen LogP contribution in [0, 0.1) is 12.7 Å². The highest BCUT2D eigenvalue weighted by molar-refractivity contribution is 6.31. The number of nitrogens with two attached hydrogens (primary N) is 1. The van der Waals surface area contributed by atoms with Crippen molar-refractivity contribution in [1.29, 1.82) is 0 Å². The van der Waals surface area contributed by atoms with Crippen LogP contribution in [0.2, 0.25) is 5.02 Å². The predicted molar refractivity (Wildman–Crippen MR) is 82.4 cm³/mol. The van der Waals surface area contributed by atoms with Gasteiger partial charge in [0, 0.05) is 22.8 Å².